The number of imidazole rings is 1. The van der Waals surface area contributed by atoms with E-state index in [2.05, 4.69) is 25.7 Å². The number of hydrogen-bond acceptors (Lipinski definition) is 4. The number of aromatic amines is 1. The summed E-state index contributed by atoms with van der Waals surface area (Å²) in [5, 5.41) is 11.0. The molecule has 25 heavy (non-hydrogen) atoms. The average Bonchev–Trinajstić information content (AvgIpc) is 3.25. The largest absolute Gasteiger partial charge is 0.324 e. The highest BCUT2D eigenvalue weighted by Crippen LogP contribution is 2.29. The molecule has 0 saturated carbocycles. The Bertz CT molecular complexity index is 870. The summed E-state index contributed by atoms with van der Waals surface area (Å²) < 4.78 is 1.75. The number of nitrogens with one attached hydrogen (secondary N) is 3. The molecule has 2 aromatic heterocycles. The van der Waals surface area contributed by atoms with Crippen LogP contribution in [0.2, 0.25) is 5.02 Å². The maximum Gasteiger partial charge on any atom is 0.254 e. The monoisotopic (exact) mass is 380 g/mol. The molecular formula is C16H18Cl2N6O. The van der Waals surface area contributed by atoms with Crippen molar-refractivity contribution in [1.29, 1.82) is 0 Å². The molecule has 3 heterocycles. The number of anilines is 1. The Balaban J connectivity index is 0.00000182. The molecule has 132 valence electrons. The zero-order chi connectivity index (χ0) is 16.6. The molecule has 0 aliphatic carbocycles. The first-order chi connectivity index (χ1) is 11.7. The van der Waals surface area contributed by atoms with E-state index in [1.165, 1.54) is 0 Å². The van der Waals surface area contributed by atoms with Crippen LogP contribution in [0.5, 0.6) is 0 Å². The molecule has 1 aliphatic heterocycles. The molecule has 3 N–H and O–H groups in total. The molecule has 1 aromatic carbocycles. The van der Waals surface area contributed by atoms with Gasteiger partial charge in [-0.3, -0.25) is 14.8 Å². The van der Waals surface area contributed by atoms with Crippen molar-refractivity contribution < 1.29 is 4.79 Å². The third-order valence-electron chi connectivity index (χ3n) is 4.49. The Labute approximate surface area is 155 Å². The van der Waals surface area contributed by atoms with Gasteiger partial charge in [-0.2, -0.15) is 5.10 Å². The molecule has 0 bridgehead atoms. The third kappa shape index (κ3) is 3.10. The predicted molar refractivity (Wildman–Crippen MR) is 99.3 cm³/mol. The number of amides is 1. The van der Waals surface area contributed by atoms with Crippen molar-refractivity contribution in [2.75, 3.05) is 18.4 Å². The van der Waals surface area contributed by atoms with Crippen LogP contribution in [0.15, 0.2) is 36.7 Å². The number of benzene rings is 1. The van der Waals surface area contributed by atoms with Gasteiger partial charge in [-0.05, 0) is 44.1 Å². The van der Waals surface area contributed by atoms with Gasteiger partial charge in [-0.25, -0.2) is 4.98 Å². The van der Waals surface area contributed by atoms with Crippen LogP contribution in [0.1, 0.15) is 12.8 Å². The maximum atomic E-state index is 13.1. The molecule has 1 saturated heterocycles. The van der Waals surface area contributed by atoms with Crippen LogP contribution in [0.25, 0.3) is 11.0 Å². The van der Waals surface area contributed by atoms with Crippen LogP contribution >= 0.6 is 24.0 Å². The van der Waals surface area contributed by atoms with Gasteiger partial charge in [-0.15, -0.1) is 12.4 Å². The molecule has 9 heteroatoms. The highest BCUT2D eigenvalue weighted by Gasteiger charge is 2.42. The summed E-state index contributed by atoms with van der Waals surface area (Å²) in [6.45, 7) is 1.53. The van der Waals surface area contributed by atoms with E-state index in [9.17, 15) is 4.79 Å². The first kappa shape index (κ1) is 17.7. The normalized spacial score (nSPS) is 16.4. The summed E-state index contributed by atoms with van der Waals surface area (Å²) in [5.74, 6) is 0.274. The number of rotatable bonds is 3. The molecule has 1 aliphatic rings. The first-order valence-corrected chi connectivity index (χ1v) is 8.23. The molecule has 1 amide bonds. The molecule has 7 nitrogen and oxygen atoms in total. The van der Waals surface area contributed by atoms with Crippen LogP contribution in [0, 0.1) is 0 Å². The fourth-order valence-corrected chi connectivity index (χ4v) is 3.42. The number of halogens is 2. The molecule has 3 aromatic rings. The number of piperidine rings is 1. The lowest BCUT2D eigenvalue weighted by Gasteiger charge is -2.36. The Kier molecular flexibility index (Phi) is 4.99. The molecule has 1 fully saturated rings. The topological polar surface area (TPSA) is 87.6 Å². The van der Waals surface area contributed by atoms with Gasteiger partial charge in [0.1, 0.15) is 11.1 Å². The van der Waals surface area contributed by atoms with Crippen LogP contribution in [-0.4, -0.2) is 38.7 Å². The fourth-order valence-electron chi connectivity index (χ4n) is 3.20. The Morgan fingerprint density at radius 3 is 2.76 bits per heavy atom. The highest BCUT2D eigenvalue weighted by atomic mass is 35.5. The van der Waals surface area contributed by atoms with E-state index in [4.69, 9.17) is 11.6 Å². The van der Waals surface area contributed by atoms with E-state index < -0.39 is 5.54 Å². The van der Waals surface area contributed by atoms with E-state index in [0.29, 0.717) is 29.3 Å². The summed E-state index contributed by atoms with van der Waals surface area (Å²) in [7, 11) is 0. The number of carbonyl (C=O) groups excluding carboxylic acids is 1. The second-order valence-electron chi connectivity index (χ2n) is 5.91. The number of nitrogens with zero attached hydrogens (tertiary/aromatic N) is 3. The van der Waals surface area contributed by atoms with E-state index in [1.54, 1.807) is 16.9 Å². The summed E-state index contributed by atoms with van der Waals surface area (Å²) in [5.41, 5.74) is 0.724. The minimum atomic E-state index is -0.711. The van der Waals surface area contributed by atoms with Gasteiger partial charge in [0.05, 0.1) is 10.5 Å². The molecule has 0 radical (unpaired) electrons. The van der Waals surface area contributed by atoms with Crippen molar-refractivity contribution in [3.05, 3.63) is 41.7 Å². The number of fused-ring (bicyclic) bond motifs is 1. The predicted octanol–water partition coefficient (Wildman–Crippen LogP) is 2.55. The minimum Gasteiger partial charge on any atom is -0.324 e. The number of aromatic nitrogens is 4. The van der Waals surface area contributed by atoms with Gasteiger partial charge < -0.3 is 10.3 Å². The second kappa shape index (κ2) is 7.03. The fraction of sp³-hybridized carbons (Fsp3) is 0.312. The van der Waals surface area contributed by atoms with Crippen LogP contribution < -0.4 is 10.6 Å². The van der Waals surface area contributed by atoms with Gasteiger partial charge in [0.25, 0.3) is 5.91 Å². The van der Waals surface area contributed by atoms with Gasteiger partial charge in [-0.1, -0.05) is 17.7 Å². The molecule has 4 rings (SSSR count). The quantitative estimate of drug-likeness (QED) is 0.651. The van der Waals surface area contributed by atoms with E-state index in [-0.39, 0.29) is 18.3 Å². The van der Waals surface area contributed by atoms with Crippen molar-refractivity contribution >= 4 is 46.9 Å². The molecule has 0 spiro atoms. The van der Waals surface area contributed by atoms with Gasteiger partial charge in [0.15, 0.2) is 0 Å². The second-order valence-corrected chi connectivity index (χ2v) is 6.31. The summed E-state index contributed by atoms with van der Waals surface area (Å²) in [4.78, 5) is 20.5. The lowest BCUT2D eigenvalue weighted by molar-refractivity contribution is -0.126. The zero-order valence-electron chi connectivity index (χ0n) is 13.3. The SMILES string of the molecule is Cl.O=C(Nc1nc2c(Cl)cccc2[nH]1)C1(n2cccn2)CCNCC1. The van der Waals surface area contributed by atoms with Gasteiger partial charge in [0.2, 0.25) is 5.95 Å². The maximum absolute atomic E-state index is 13.1. The van der Waals surface area contributed by atoms with Crippen molar-refractivity contribution in [2.24, 2.45) is 0 Å². The lowest BCUT2D eigenvalue weighted by atomic mass is 9.87. The Hall–Kier alpha value is -2.09. The van der Waals surface area contributed by atoms with Crippen molar-refractivity contribution in [3.8, 4) is 0 Å². The van der Waals surface area contributed by atoms with Crippen LogP contribution in [-0.2, 0) is 10.3 Å². The smallest absolute Gasteiger partial charge is 0.254 e. The summed E-state index contributed by atoms with van der Waals surface area (Å²) >= 11 is 6.15. The Morgan fingerprint density at radius 2 is 2.08 bits per heavy atom. The number of para-hydroxylation sites is 1. The summed E-state index contributed by atoms with van der Waals surface area (Å²) in [6.07, 6.45) is 4.86. The lowest BCUT2D eigenvalue weighted by Crippen LogP contribution is -2.52. The minimum absolute atomic E-state index is 0. The number of carbonyl (C=O) groups is 1. The zero-order valence-corrected chi connectivity index (χ0v) is 14.9. The van der Waals surface area contributed by atoms with E-state index in [0.717, 1.165) is 18.6 Å². The molecule has 0 unspecified atom stereocenters. The average molecular weight is 381 g/mol. The number of H-pyrrole nitrogens is 1. The molecule has 0 atom stereocenters. The summed E-state index contributed by atoms with van der Waals surface area (Å²) in [6, 6.07) is 7.32. The first-order valence-electron chi connectivity index (χ1n) is 7.86. The highest BCUT2D eigenvalue weighted by molar-refractivity contribution is 6.35. The molecular weight excluding hydrogens is 363 g/mol. The van der Waals surface area contributed by atoms with Crippen LogP contribution in [0.3, 0.4) is 0 Å². The third-order valence-corrected chi connectivity index (χ3v) is 4.80. The van der Waals surface area contributed by atoms with E-state index in [1.807, 2.05) is 24.4 Å². The van der Waals surface area contributed by atoms with Crippen LogP contribution in [0.4, 0.5) is 5.95 Å². The van der Waals surface area contributed by atoms with Crippen molar-refractivity contribution in [2.45, 2.75) is 18.4 Å². The van der Waals surface area contributed by atoms with E-state index >= 15 is 0 Å². The van der Waals surface area contributed by atoms with Gasteiger partial charge in [0, 0.05) is 12.4 Å². The van der Waals surface area contributed by atoms with Crippen molar-refractivity contribution in [1.82, 2.24) is 25.1 Å². The Morgan fingerprint density at radius 1 is 1.28 bits per heavy atom. The van der Waals surface area contributed by atoms with Crippen molar-refractivity contribution in [3.63, 3.8) is 0 Å². The standard InChI is InChI=1S/C16H17ClN6O.ClH/c17-11-3-1-4-12-13(11)21-15(20-12)22-14(24)16(5-8-18-9-6-16)23-10-2-7-19-23;/h1-4,7,10,18H,5-6,8-9H2,(H2,20,21,22,24);1H. The van der Waals surface area contributed by atoms with Gasteiger partial charge >= 0.3 is 0 Å². The number of hydrogen-bond donors (Lipinski definition) is 3.